The van der Waals surface area contributed by atoms with Gasteiger partial charge in [0, 0.05) is 48.7 Å². The molecule has 1 saturated heterocycles. The number of fused-ring (bicyclic) bond motifs is 1. The molecule has 4 rings (SSSR count). The van der Waals surface area contributed by atoms with Crippen molar-refractivity contribution in [2.45, 2.75) is 38.3 Å². The minimum absolute atomic E-state index is 0.0260. The third kappa shape index (κ3) is 3.96. The second kappa shape index (κ2) is 8.21. The Balaban J connectivity index is 1.69. The van der Waals surface area contributed by atoms with Crippen LogP contribution in [0.1, 0.15) is 47.3 Å². The molecule has 150 valence electrons. The van der Waals surface area contributed by atoms with Crippen LogP contribution in [0.2, 0.25) is 0 Å². The molecule has 0 bridgehead atoms. The van der Waals surface area contributed by atoms with Crippen LogP contribution in [0.15, 0.2) is 54.7 Å². The first-order valence-corrected chi connectivity index (χ1v) is 10.3. The monoisotopic (exact) mass is 389 g/mol. The second-order valence-electron chi connectivity index (χ2n) is 7.88. The quantitative estimate of drug-likeness (QED) is 0.603. The zero-order valence-electron chi connectivity index (χ0n) is 16.9. The van der Waals surface area contributed by atoms with E-state index in [2.05, 4.69) is 29.4 Å². The molecule has 2 atom stereocenters. The number of amides is 1. The highest BCUT2D eigenvalue weighted by atomic mass is 16.2. The average Bonchev–Trinajstić information content (AvgIpc) is 3.29. The van der Waals surface area contributed by atoms with Crippen molar-refractivity contribution in [3.8, 4) is 0 Å². The molecule has 1 aromatic heterocycles. The summed E-state index contributed by atoms with van der Waals surface area (Å²) in [5, 5.41) is 4.42. The lowest BCUT2D eigenvalue weighted by atomic mass is 9.95. The van der Waals surface area contributed by atoms with Gasteiger partial charge in [0.25, 0.3) is 0 Å². The summed E-state index contributed by atoms with van der Waals surface area (Å²) >= 11 is 0. The molecular weight excluding hydrogens is 362 g/mol. The average molecular weight is 389 g/mol. The fraction of sp³-hybridized carbons (Fsp3) is 0.333. The van der Waals surface area contributed by atoms with Crippen LogP contribution in [-0.2, 0) is 11.2 Å². The molecule has 3 aromatic rings. The molecule has 0 radical (unpaired) electrons. The molecule has 0 spiro atoms. The van der Waals surface area contributed by atoms with Crippen LogP contribution < -0.4 is 5.32 Å². The lowest BCUT2D eigenvalue weighted by Gasteiger charge is -2.22. The molecule has 2 unspecified atom stereocenters. The van der Waals surface area contributed by atoms with Crippen LogP contribution in [0.3, 0.4) is 0 Å². The van der Waals surface area contributed by atoms with Crippen molar-refractivity contribution in [2.24, 2.45) is 0 Å². The van der Waals surface area contributed by atoms with Gasteiger partial charge in [0.05, 0.1) is 6.04 Å². The number of likely N-dealkylation sites (tertiary alicyclic amines) is 1. The van der Waals surface area contributed by atoms with Crippen molar-refractivity contribution >= 4 is 22.6 Å². The fourth-order valence-corrected chi connectivity index (χ4v) is 4.15. The Kier molecular flexibility index (Phi) is 5.49. The lowest BCUT2D eigenvalue weighted by molar-refractivity contribution is -0.126. The number of carbonyl (C=O) groups excluding carboxylic acids is 2. The van der Waals surface area contributed by atoms with Gasteiger partial charge in [-0.2, -0.15) is 0 Å². The summed E-state index contributed by atoms with van der Waals surface area (Å²) in [4.78, 5) is 30.6. The number of aryl methyl sites for hydroxylation is 1. The summed E-state index contributed by atoms with van der Waals surface area (Å²) in [5.74, 6) is 0.135. The number of nitrogens with zero attached hydrogens (tertiary/aromatic N) is 1. The number of aromatic nitrogens is 1. The van der Waals surface area contributed by atoms with Crippen LogP contribution in [0.4, 0.5) is 0 Å². The van der Waals surface area contributed by atoms with Crippen LogP contribution in [0.5, 0.6) is 0 Å². The third-order valence-electron chi connectivity index (χ3n) is 5.69. The smallest absolute Gasteiger partial charge is 0.224 e. The Bertz CT molecular complexity index is 1030. The summed E-state index contributed by atoms with van der Waals surface area (Å²) < 4.78 is 0. The number of ketones is 1. The first kappa shape index (κ1) is 19.4. The van der Waals surface area contributed by atoms with E-state index in [0.717, 1.165) is 29.3 Å². The predicted molar refractivity (Wildman–Crippen MR) is 115 cm³/mol. The molecule has 1 amide bonds. The van der Waals surface area contributed by atoms with E-state index in [4.69, 9.17) is 0 Å². The molecule has 2 heterocycles. The van der Waals surface area contributed by atoms with Gasteiger partial charge in [-0.1, -0.05) is 49.7 Å². The minimum atomic E-state index is -0.491. The number of H-pyrrole nitrogens is 1. The number of nitrogens with one attached hydrogen (secondary N) is 2. The zero-order chi connectivity index (χ0) is 20.4. The van der Waals surface area contributed by atoms with Crippen LogP contribution in [0, 0.1) is 0 Å². The van der Waals surface area contributed by atoms with Crippen molar-refractivity contribution in [3.05, 3.63) is 71.4 Å². The van der Waals surface area contributed by atoms with Crippen LogP contribution in [-0.4, -0.2) is 41.2 Å². The first-order chi connectivity index (χ1) is 14.1. The standard InChI is InChI=1S/C24H27N3O2/c1-3-7-16-10-11-21-19(12-16)20(14-25-21)24(29)23(17-8-5-4-6-9-17)26-18-13-22(28)27(2)15-18/h4-6,8-12,14,18,23,25-26H,3,7,13,15H2,1-2H3. The molecular formula is C24H27N3O2. The number of hydrogen-bond acceptors (Lipinski definition) is 3. The molecule has 2 N–H and O–H groups in total. The highest BCUT2D eigenvalue weighted by Gasteiger charge is 2.32. The zero-order valence-corrected chi connectivity index (χ0v) is 16.9. The largest absolute Gasteiger partial charge is 0.360 e. The number of carbonyl (C=O) groups is 2. The maximum atomic E-state index is 13.7. The van der Waals surface area contributed by atoms with Gasteiger partial charge in [0.1, 0.15) is 0 Å². The predicted octanol–water partition coefficient (Wildman–Crippen LogP) is 3.86. The molecule has 0 aliphatic carbocycles. The number of aromatic amines is 1. The Morgan fingerprint density at radius 1 is 1.24 bits per heavy atom. The third-order valence-corrected chi connectivity index (χ3v) is 5.69. The van der Waals surface area contributed by atoms with E-state index < -0.39 is 6.04 Å². The van der Waals surface area contributed by atoms with E-state index in [9.17, 15) is 9.59 Å². The molecule has 2 aromatic carbocycles. The summed E-state index contributed by atoms with van der Waals surface area (Å²) in [6, 6.07) is 15.5. The van der Waals surface area contributed by atoms with Gasteiger partial charge in [-0.15, -0.1) is 0 Å². The second-order valence-corrected chi connectivity index (χ2v) is 7.88. The van der Waals surface area contributed by atoms with Crippen molar-refractivity contribution in [1.82, 2.24) is 15.2 Å². The van der Waals surface area contributed by atoms with Crippen LogP contribution in [0.25, 0.3) is 10.9 Å². The van der Waals surface area contributed by atoms with Crippen molar-refractivity contribution in [2.75, 3.05) is 13.6 Å². The Hall–Kier alpha value is -2.92. The van der Waals surface area contributed by atoms with Gasteiger partial charge in [0.2, 0.25) is 5.91 Å². The molecule has 1 aliphatic rings. The lowest BCUT2D eigenvalue weighted by Crippen LogP contribution is -2.38. The van der Waals surface area contributed by atoms with E-state index in [1.54, 1.807) is 11.9 Å². The Morgan fingerprint density at radius 3 is 2.72 bits per heavy atom. The maximum Gasteiger partial charge on any atom is 0.224 e. The van der Waals surface area contributed by atoms with E-state index in [-0.39, 0.29) is 17.7 Å². The minimum Gasteiger partial charge on any atom is -0.360 e. The van der Waals surface area contributed by atoms with E-state index in [0.29, 0.717) is 18.5 Å². The summed E-state index contributed by atoms with van der Waals surface area (Å²) in [5.41, 5.74) is 3.81. The summed E-state index contributed by atoms with van der Waals surface area (Å²) in [6.07, 6.45) is 4.29. The molecule has 1 aliphatic heterocycles. The number of rotatable bonds is 7. The van der Waals surface area contributed by atoms with Gasteiger partial charge >= 0.3 is 0 Å². The fourth-order valence-electron chi connectivity index (χ4n) is 4.15. The van der Waals surface area contributed by atoms with Crippen molar-refractivity contribution in [3.63, 3.8) is 0 Å². The summed E-state index contributed by atoms with van der Waals surface area (Å²) in [7, 11) is 1.80. The highest BCUT2D eigenvalue weighted by Crippen LogP contribution is 2.27. The number of likely N-dealkylation sites (N-methyl/N-ethyl adjacent to an activating group) is 1. The summed E-state index contributed by atoms with van der Waals surface area (Å²) in [6.45, 7) is 2.77. The molecule has 29 heavy (non-hydrogen) atoms. The van der Waals surface area contributed by atoms with E-state index in [1.165, 1.54) is 5.56 Å². The molecule has 1 fully saturated rings. The van der Waals surface area contributed by atoms with E-state index >= 15 is 0 Å². The number of benzene rings is 2. The Morgan fingerprint density at radius 2 is 2.03 bits per heavy atom. The SMILES string of the molecule is CCCc1ccc2[nH]cc(C(=O)C(NC3CC(=O)N(C)C3)c3ccccc3)c2c1. The molecule has 0 saturated carbocycles. The van der Waals surface area contributed by atoms with E-state index in [1.807, 2.05) is 42.6 Å². The first-order valence-electron chi connectivity index (χ1n) is 10.3. The van der Waals surface area contributed by atoms with Gasteiger partial charge in [0.15, 0.2) is 5.78 Å². The van der Waals surface area contributed by atoms with Crippen molar-refractivity contribution < 1.29 is 9.59 Å². The highest BCUT2D eigenvalue weighted by molar-refractivity contribution is 6.10. The number of hydrogen-bond donors (Lipinski definition) is 2. The molecule has 5 heteroatoms. The van der Waals surface area contributed by atoms with Gasteiger partial charge in [-0.05, 0) is 29.7 Å². The van der Waals surface area contributed by atoms with Gasteiger partial charge in [-0.25, -0.2) is 0 Å². The van der Waals surface area contributed by atoms with Crippen LogP contribution >= 0.6 is 0 Å². The normalized spacial score (nSPS) is 17.8. The number of Topliss-reactive ketones (excluding diaryl/α,β-unsaturated/α-hetero) is 1. The molecule has 5 nitrogen and oxygen atoms in total. The topological polar surface area (TPSA) is 65.2 Å². The Labute approximate surface area is 171 Å². The van der Waals surface area contributed by atoms with Crippen molar-refractivity contribution in [1.29, 1.82) is 0 Å². The maximum absolute atomic E-state index is 13.7. The van der Waals surface area contributed by atoms with Gasteiger partial charge in [-0.3, -0.25) is 14.9 Å². The van der Waals surface area contributed by atoms with Gasteiger partial charge < -0.3 is 9.88 Å².